The lowest BCUT2D eigenvalue weighted by Crippen LogP contribution is -2.14. The number of amides is 1. The van der Waals surface area contributed by atoms with Crippen LogP contribution >= 0.6 is 23.1 Å². The zero-order valence-electron chi connectivity index (χ0n) is 13.7. The largest absolute Gasteiger partial charge is 0.296 e. The summed E-state index contributed by atoms with van der Waals surface area (Å²) in [6.45, 7) is 1.60. The van der Waals surface area contributed by atoms with Gasteiger partial charge in [0.15, 0.2) is 0 Å². The Labute approximate surface area is 157 Å². The normalized spacial score (nSPS) is 10.5. The topological polar surface area (TPSA) is 98.0 Å². The van der Waals surface area contributed by atoms with E-state index in [9.17, 15) is 14.9 Å². The summed E-state index contributed by atoms with van der Waals surface area (Å²) in [7, 11) is 0. The molecule has 0 bridgehead atoms. The molecule has 0 saturated carbocycles. The first-order chi connectivity index (χ1) is 12.5. The first-order valence-electron chi connectivity index (χ1n) is 7.60. The molecular weight excluding hydrogens is 372 g/mol. The summed E-state index contributed by atoms with van der Waals surface area (Å²) in [5.74, 6) is 0.0566. The van der Waals surface area contributed by atoms with Gasteiger partial charge < -0.3 is 0 Å². The van der Waals surface area contributed by atoms with Crippen LogP contribution in [0.15, 0.2) is 53.4 Å². The van der Waals surface area contributed by atoms with Crippen LogP contribution < -0.4 is 5.32 Å². The van der Waals surface area contributed by atoms with Gasteiger partial charge in [-0.15, -0.1) is 22.0 Å². The third-order valence-electron chi connectivity index (χ3n) is 3.46. The molecule has 2 aromatic carbocycles. The Hall–Kier alpha value is -2.78. The number of hydrogen-bond donors (Lipinski definition) is 1. The number of hydrogen-bond acceptors (Lipinski definition) is 7. The Morgan fingerprint density at radius 2 is 1.96 bits per heavy atom. The highest BCUT2D eigenvalue weighted by Crippen LogP contribution is 2.27. The fraction of sp³-hybridized carbons (Fsp3) is 0.118. The number of nitrogens with zero attached hydrogens (tertiary/aromatic N) is 3. The molecule has 0 aliphatic carbocycles. The van der Waals surface area contributed by atoms with E-state index in [1.165, 1.54) is 17.4 Å². The maximum absolute atomic E-state index is 12.4. The van der Waals surface area contributed by atoms with E-state index in [-0.39, 0.29) is 11.3 Å². The molecular formula is C17H14N4O3S2. The van der Waals surface area contributed by atoms with Crippen LogP contribution in [0.4, 0.5) is 10.8 Å². The molecule has 0 radical (unpaired) electrons. The number of aromatic nitrogens is 2. The van der Waals surface area contributed by atoms with E-state index < -0.39 is 10.8 Å². The number of carbonyl (C=O) groups excluding carboxylic acids is 1. The molecule has 0 spiro atoms. The summed E-state index contributed by atoms with van der Waals surface area (Å²) in [4.78, 5) is 24.2. The summed E-state index contributed by atoms with van der Waals surface area (Å²) in [5.41, 5.74) is 0.236. The molecule has 3 aromatic rings. The highest BCUT2D eigenvalue weighted by Gasteiger charge is 2.23. The minimum atomic E-state index is -0.571. The average molecular weight is 386 g/mol. The van der Waals surface area contributed by atoms with E-state index >= 15 is 0 Å². The van der Waals surface area contributed by atoms with Gasteiger partial charge in [0.05, 0.1) is 10.7 Å². The van der Waals surface area contributed by atoms with Gasteiger partial charge in [0, 0.05) is 10.5 Å². The third kappa shape index (κ3) is 4.24. The van der Waals surface area contributed by atoms with Crippen molar-refractivity contribution >= 4 is 39.8 Å². The van der Waals surface area contributed by atoms with Gasteiger partial charge in [0.1, 0.15) is 10.6 Å². The standard InChI is InChI=1S/C17H14N4O3S2/c1-11-6-5-9-13(15(11)21(23)24)16(22)18-17-20-19-14(26-17)10-25-12-7-3-2-4-8-12/h2-9H,10H2,1H3,(H,18,20,22). The van der Waals surface area contributed by atoms with Gasteiger partial charge in [0.2, 0.25) is 5.13 Å². The van der Waals surface area contributed by atoms with E-state index in [0.717, 1.165) is 9.90 Å². The number of rotatable bonds is 6. The monoisotopic (exact) mass is 386 g/mol. The van der Waals surface area contributed by atoms with Crippen LogP contribution in [0.25, 0.3) is 0 Å². The van der Waals surface area contributed by atoms with Crippen LogP contribution in [0.2, 0.25) is 0 Å². The number of anilines is 1. The number of aryl methyl sites for hydroxylation is 1. The van der Waals surface area contributed by atoms with Crippen LogP contribution in [0.3, 0.4) is 0 Å². The number of benzene rings is 2. The molecule has 0 atom stereocenters. The number of thioether (sulfide) groups is 1. The van der Waals surface area contributed by atoms with Crippen LogP contribution in [-0.4, -0.2) is 21.0 Å². The number of carbonyl (C=O) groups is 1. The lowest BCUT2D eigenvalue weighted by atomic mass is 10.1. The minimum absolute atomic E-state index is 0.00501. The molecule has 1 N–H and O–H groups in total. The molecule has 26 heavy (non-hydrogen) atoms. The Morgan fingerprint density at radius 3 is 2.69 bits per heavy atom. The van der Waals surface area contributed by atoms with Crippen molar-refractivity contribution in [2.75, 3.05) is 5.32 Å². The van der Waals surface area contributed by atoms with Crippen molar-refractivity contribution in [3.8, 4) is 0 Å². The van der Waals surface area contributed by atoms with E-state index in [1.807, 2.05) is 30.3 Å². The van der Waals surface area contributed by atoms with E-state index in [0.29, 0.717) is 16.4 Å². The molecule has 7 nitrogen and oxygen atoms in total. The van der Waals surface area contributed by atoms with E-state index in [4.69, 9.17) is 0 Å². The average Bonchev–Trinajstić information content (AvgIpc) is 3.07. The maximum Gasteiger partial charge on any atom is 0.285 e. The number of nitro benzene ring substituents is 1. The van der Waals surface area contributed by atoms with Gasteiger partial charge >= 0.3 is 0 Å². The Bertz CT molecular complexity index is 944. The smallest absolute Gasteiger partial charge is 0.285 e. The summed E-state index contributed by atoms with van der Waals surface area (Å²) >= 11 is 2.87. The maximum atomic E-state index is 12.4. The van der Waals surface area contributed by atoms with Gasteiger partial charge in [0.25, 0.3) is 11.6 Å². The number of para-hydroxylation sites is 1. The molecule has 0 saturated heterocycles. The van der Waals surface area contributed by atoms with Crippen molar-refractivity contribution < 1.29 is 9.72 Å². The molecule has 9 heteroatoms. The second-order valence-corrected chi connectivity index (χ2v) is 7.40. The molecule has 3 rings (SSSR count). The summed E-state index contributed by atoms with van der Waals surface area (Å²) in [6.07, 6.45) is 0. The van der Waals surface area contributed by atoms with Gasteiger partial charge in [-0.2, -0.15) is 0 Å². The van der Waals surface area contributed by atoms with Gasteiger partial charge in [-0.05, 0) is 25.1 Å². The van der Waals surface area contributed by atoms with Crippen molar-refractivity contribution in [1.82, 2.24) is 10.2 Å². The molecule has 0 fully saturated rings. The van der Waals surface area contributed by atoms with Crippen molar-refractivity contribution in [3.05, 3.63) is 74.8 Å². The van der Waals surface area contributed by atoms with Crippen molar-refractivity contribution in [3.63, 3.8) is 0 Å². The predicted octanol–water partition coefficient (Wildman–Crippen LogP) is 4.30. The van der Waals surface area contributed by atoms with Crippen LogP contribution in [-0.2, 0) is 5.75 Å². The first-order valence-corrected chi connectivity index (χ1v) is 9.40. The molecule has 0 aliphatic heterocycles. The molecule has 1 heterocycles. The second-order valence-electron chi connectivity index (χ2n) is 5.28. The lowest BCUT2D eigenvalue weighted by Gasteiger charge is -2.04. The first kappa shape index (κ1) is 18.0. The van der Waals surface area contributed by atoms with Crippen molar-refractivity contribution in [2.24, 2.45) is 0 Å². The molecule has 1 aromatic heterocycles. The minimum Gasteiger partial charge on any atom is -0.296 e. The van der Waals surface area contributed by atoms with E-state index in [1.54, 1.807) is 30.8 Å². The summed E-state index contributed by atoms with van der Waals surface area (Å²) in [6, 6.07) is 14.5. The Balaban J connectivity index is 1.69. The zero-order chi connectivity index (χ0) is 18.5. The molecule has 0 aliphatic rings. The van der Waals surface area contributed by atoms with Gasteiger partial charge in [-0.1, -0.05) is 41.7 Å². The predicted molar refractivity (Wildman–Crippen MR) is 102 cm³/mol. The van der Waals surface area contributed by atoms with Gasteiger partial charge in [-0.3, -0.25) is 20.2 Å². The molecule has 1 amide bonds. The zero-order valence-corrected chi connectivity index (χ0v) is 15.3. The van der Waals surface area contributed by atoms with Crippen molar-refractivity contribution in [1.29, 1.82) is 0 Å². The lowest BCUT2D eigenvalue weighted by molar-refractivity contribution is -0.385. The summed E-state index contributed by atoms with van der Waals surface area (Å²) in [5, 5.41) is 22.9. The highest BCUT2D eigenvalue weighted by atomic mass is 32.2. The fourth-order valence-corrected chi connectivity index (χ4v) is 3.91. The Kier molecular flexibility index (Phi) is 5.59. The van der Waals surface area contributed by atoms with E-state index in [2.05, 4.69) is 15.5 Å². The third-order valence-corrected chi connectivity index (χ3v) is 5.50. The number of nitro groups is 1. The Morgan fingerprint density at radius 1 is 1.19 bits per heavy atom. The SMILES string of the molecule is Cc1cccc(C(=O)Nc2nnc(CSc3ccccc3)s2)c1[N+](=O)[O-]. The van der Waals surface area contributed by atoms with Crippen LogP contribution in [0, 0.1) is 17.0 Å². The van der Waals surface area contributed by atoms with Gasteiger partial charge in [-0.25, -0.2) is 0 Å². The fourth-order valence-electron chi connectivity index (χ4n) is 2.27. The molecule has 132 valence electrons. The quantitative estimate of drug-likeness (QED) is 0.385. The second kappa shape index (κ2) is 8.07. The van der Waals surface area contributed by atoms with Crippen molar-refractivity contribution in [2.45, 2.75) is 17.6 Å². The number of nitrogens with one attached hydrogen (secondary N) is 1. The van der Waals surface area contributed by atoms with Crippen LogP contribution in [0.1, 0.15) is 20.9 Å². The molecule has 0 unspecified atom stereocenters. The van der Waals surface area contributed by atoms with Crippen LogP contribution in [0.5, 0.6) is 0 Å². The summed E-state index contributed by atoms with van der Waals surface area (Å²) < 4.78 is 0. The highest BCUT2D eigenvalue weighted by molar-refractivity contribution is 7.98.